The molecule has 0 heterocycles. The third-order valence-electron chi connectivity index (χ3n) is 4.07. The molecule has 0 saturated heterocycles. The van der Waals surface area contributed by atoms with Gasteiger partial charge in [-0.15, -0.1) is 0 Å². The van der Waals surface area contributed by atoms with Crippen molar-refractivity contribution in [1.29, 1.82) is 0 Å². The van der Waals surface area contributed by atoms with E-state index in [1.54, 1.807) is 37.3 Å². The molecule has 3 nitrogen and oxygen atoms in total. The van der Waals surface area contributed by atoms with Crippen LogP contribution in [0, 0.1) is 0 Å². The maximum absolute atomic E-state index is 10.5. The molecule has 138 valence electrons. The average molecular weight is 352 g/mol. The molecule has 2 aromatic rings. The van der Waals surface area contributed by atoms with Crippen molar-refractivity contribution in [3.63, 3.8) is 0 Å². The van der Waals surface area contributed by atoms with Gasteiger partial charge >= 0.3 is 0 Å². The van der Waals surface area contributed by atoms with E-state index < -0.39 is 5.60 Å². The molecule has 0 bridgehead atoms. The molecule has 0 amide bonds. The van der Waals surface area contributed by atoms with Crippen LogP contribution in [-0.2, 0) is 6.61 Å². The van der Waals surface area contributed by atoms with Crippen molar-refractivity contribution in [2.45, 2.75) is 45.8 Å². The summed E-state index contributed by atoms with van der Waals surface area (Å²) in [5, 5.41) is 20.5. The summed E-state index contributed by atoms with van der Waals surface area (Å²) in [5.41, 5.74) is 2.02. The third kappa shape index (κ3) is 6.77. The minimum Gasteiger partial charge on any atom is -0.507 e. The maximum Gasteiger partial charge on any atom is 0.123 e. The Hall–Kier alpha value is -2.52. The second kappa shape index (κ2) is 9.25. The minimum absolute atomic E-state index is 0.161. The molecule has 0 saturated carbocycles. The van der Waals surface area contributed by atoms with Gasteiger partial charge in [0.1, 0.15) is 18.1 Å². The molecular weight excluding hydrogens is 324 g/mol. The highest BCUT2D eigenvalue weighted by Crippen LogP contribution is 2.26. The summed E-state index contributed by atoms with van der Waals surface area (Å²) in [4.78, 5) is 0. The monoisotopic (exact) mass is 352 g/mol. The quantitative estimate of drug-likeness (QED) is 0.618. The van der Waals surface area contributed by atoms with Crippen molar-refractivity contribution in [3.05, 3.63) is 77.4 Å². The van der Waals surface area contributed by atoms with E-state index in [0.717, 1.165) is 12.0 Å². The molecule has 0 aliphatic heterocycles. The number of allylic oxidation sites excluding steroid dienone is 2. The topological polar surface area (TPSA) is 49.7 Å². The first-order valence-electron chi connectivity index (χ1n) is 8.90. The van der Waals surface area contributed by atoms with Crippen LogP contribution in [0.1, 0.15) is 44.7 Å². The van der Waals surface area contributed by atoms with Crippen LogP contribution in [0.2, 0.25) is 0 Å². The molecule has 3 heteroatoms. The Bertz CT molecular complexity index is 754. The number of phenolic OH excluding ortho intramolecular Hbond substituents is 1. The first-order chi connectivity index (χ1) is 12.4. The lowest BCUT2D eigenvalue weighted by atomic mass is 9.97. The van der Waals surface area contributed by atoms with E-state index in [0.29, 0.717) is 24.3 Å². The standard InChI is InChI=1S/C23H28O3/c1-18(2)8-7-14-23(3,25)15-13-20-16-21(11-12-22(20)24)26-17-19-9-5-4-6-10-19/h4-6,8-13,15-16,24-25H,7,14,17H2,1-3H3/b15-13+/t23-/m0/s1. The highest BCUT2D eigenvalue weighted by atomic mass is 16.5. The van der Waals surface area contributed by atoms with Gasteiger partial charge in [0, 0.05) is 5.56 Å². The van der Waals surface area contributed by atoms with Gasteiger partial charge in [-0.2, -0.15) is 0 Å². The molecule has 2 aromatic carbocycles. The summed E-state index contributed by atoms with van der Waals surface area (Å²) in [7, 11) is 0. The largest absolute Gasteiger partial charge is 0.507 e. The summed E-state index contributed by atoms with van der Waals surface area (Å²) < 4.78 is 5.80. The Kier molecular flexibility index (Phi) is 7.05. The van der Waals surface area contributed by atoms with Gasteiger partial charge in [-0.1, -0.05) is 54.1 Å². The lowest BCUT2D eigenvalue weighted by Gasteiger charge is -2.18. The number of rotatable bonds is 8. The zero-order valence-electron chi connectivity index (χ0n) is 15.8. The second-order valence-corrected chi connectivity index (χ2v) is 7.01. The minimum atomic E-state index is -0.931. The Morgan fingerprint density at radius 2 is 1.85 bits per heavy atom. The predicted molar refractivity (Wildman–Crippen MR) is 107 cm³/mol. The molecule has 1 atom stereocenters. The van der Waals surface area contributed by atoms with E-state index in [1.165, 1.54) is 5.57 Å². The highest BCUT2D eigenvalue weighted by molar-refractivity contribution is 5.59. The fraction of sp³-hybridized carbons (Fsp3) is 0.304. The maximum atomic E-state index is 10.5. The predicted octanol–water partition coefficient (Wildman–Crippen LogP) is 5.48. The Labute approximate surface area is 156 Å². The van der Waals surface area contributed by atoms with Crippen LogP contribution in [0.5, 0.6) is 11.5 Å². The van der Waals surface area contributed by atoms with Gasteiger partial charge in [0.05, 0.1) is 5.60 Å². The number of benzene rings is 2. The van der Waals surface area contributed by atoms with Crippen molar-refractivity contribution in [2.75, 3.05) is 0 Å². The van der Waals surface area contributed by atoms with Gasteiger partial charge in [0.25, 0.3) is 0 Å². The molecular formula is C23H28O3. The molecule has 0 aliphatic rings. The van der Waals surface area contributed by atoms with Crippen LogP contribution in [0.15, 0.2) is 66.3 Å². The highest BCUT2D eigenvalue weighted by Gasteiger charge is 2.15. The summed E-state index contributed by atoms with van der Waals surface area (Å²) in [6, 6.07) is 15.1. The third-order valence-corrected chi connectivity index (χ3v) is 4.07. The average Bonchev–Trinajstić information content (AvgIpc) is 2.60. The van der Waals surface area contributed by atoms with E-state index in [2.05, 4.69) is 6.08 Å². The molecule has 2 rings (SSSR count). The van der Waals surface area contributed by atoms with Crippen LogP contribution in [0.4, 0.5) is 0 Å². The van der Waals surface area contributed by atoms with Gasteiger partial charge < -0.3 is 14.9 Å². The molecule has 2 N–H and O–H groups in total. The van der Waals surface area contributed by atoms with Gasteiger partial charge in [-0.3, -0.25) is 0 Å². The Morgan fingerprint density at radius 3 is 2.54 bits per heavy atom. The van der Waals surface area contributed by atoms with Crippen LogP contribution < -0.4 is 4.74 Å². The first-order valence-corrected chi connectivity index (χ1v) is 8.90. The normalized spacial score (nSPS) is 13.4. The van der Waals surface area contributed by atoms with Crippen LogP contribution >= 0.6 is 0 Å². The van der Waals surface area contributed by atoms with Gasteiger partial charge in [0.15, 0.2) is 0 Å². The van der Waals surface area contributed by atoms with Crippen LogP contribution in [0.25, 0.3) is 6.08 Å². The summed E-state index contributed by atoms with van der Waals surface area (Å²) in [6.07, 6.45) is 7.01. The van der Waals surface area contributed by atoms with E-state index in [-0.39, 0.29) is 5.75 Å². The number of ether oxygens (including phenoxy) is 1. The van der Waals surface area contributed by atoms with Crippen molar-refractivity contribution in [3.8, 4) is 11.5 Å². The molecule has 0 fully saturated rings. The van der Waals surface area contributed by atoms with E-state index >= 15 is 0 Å². The number of phenols is 1. The Morgan fingerprint density at radius 1 is 1.12 bits per heavy atom. The molecule has 0 unspecified atom stereocenters. The molecule has 0 aliphatic carbocycles. The van der Waals surface area contributed by atoms with Crippen LogP contribution in [0.3, 0.4) is 0 Å². The second-order valence-electron chi connectivity index (χ2n) is 7.01. The van der Waals surface area contributed by atoms with Crippen molar-refractivity contribution in [2.24, 2.45) is 0 Å². The molecule has 0 spiro atoms. The zero-order chi connectivity index (χ0) is 19.0. The molecule has 0 radical (unpaired) electrons. The van der Waals surface area contributed by atoms with E-state index in [9.17, 15) is 10.2 Å². The van der Waals surface area contributed by atoms with Crippen LogP contribution in [-0.4, -0.2) is 15.8 Å². The lowest BCUT2D eigenvalue weighted by molar-refractivity contribution is 0.104. The number of hydrogen-bond acceptors (Lipinski definition) is 3. The fourth-order valence-corrected chi connectivity index (χ4v) is 2.50. The summed E-state index contributed by atoms with van der Waals surface area (Å²) in [6.45, 7) is 6.33. The fourth-order valence-electron chi connectivity index (χ4n) is 2.50. The number of aromatic hydroxyl groups is 1. The van der Waals surface area contributed by atoms with Gasteiger partial charge in [0.2, 0.25) is 0 Å². The van der Waals surface area contributed by atoms with Crippen molar-refractivity contribution in [1.82, 2.24) is 0 Å². The zero-order valence-corrected chi connectivity index (χ0v) is 15.8. The SMILES string of the molecule is CC(C)=CCC[C@](C)(O)/C=C/c1cc(OCc2ccccc2)ccc1O. The summed E-state index contributed by atoms with van der Waals surface area (Å²) >= 11 is 0. The van der Waals surface area contributed by atoms with Gasteiger partial charge in [-0.25, -0.2) is 0 Å². The smallest absolute Gasteiger partial charge is 0.123 e. The molecule has 0 aromatic heterocycles. The Balaban J connectivity index is 2.03. The molecule has 26 heavy (non-hydrogen) atoms. The summed E-state index contributed by atoms with van der Waals surface area (Å²) in [5.74, 6) is 0.837. The lowest BCUT2D eigenvalue weighted by Crippen LogP contribution is -2.19. The van der Waals surface area contributed by atoms with E-state index in [1.807, 2.05) is 44.2 Å². The number of aliphatic hydroxyl groups is 1. The number of hydrogen-bond donors (Lipinski definition) is 2. The van der Waals surface area contributed by atoms with Crippen molar-refractivity contribution >= 4 is 6.08 Å². The first kappa shape index (κ1) is 19.8. The van der Waals surface area contributed by atoms with Crippen molar-refractivity contribution < 1.29 is 14.9 Å². The van der Waals surface area contributed by atoms with E-state index in [4.69, 9.17) is 4.74 Å². The van der Waals surface area contributed by atoms with Gasteiger partial charge in [-0.05, 0) is 57.4 Å².